The zero-order chi connectivity index (χ0) is 20.4. The van der Waals surface area contributed by atoms with Crippen LogP contribution in [0.25, 0.3) is 0 Å². The van der Waals surface area contributed by atoms with Crippen LogP contribution in [-0.4, -0.2) is 41.5 Å². The van der Waals surface area contributed by atoms with E-state index >= 15 is 0 Å². The minimum absolute atomic E-state index is 0.164. The lowest BCUT2D eigenvalue weighted by Crippen LogP contribution is -2.31. The summed E-state index contributed by atoms with van der Waals surface area (Å²) in [7, 11) is -3.66. The number of carbonyl (C=O) groups excluding carboxylic acids is 1. The van der Waals surface area contributed by atoms with Gasteiger partial charge in [-0.1, -0.05) is 25.4 Å². The highest BCUT2D eigenvalue weighted by atomic mass is 35.5. The van der Waals surface area contributed by atoms with E-state index in [4.69, 9.17) is 11.6 Å². The predicted octanol–water partition coefficient (Wildman–Crippen LogP) is 3.38. The maximum absolute atomic E-state index is 12.9. The molecule has 9 heteroatoms. The first-order valence-electron chi connectivity index (χ1n) is 8.75. The van der Waals surface area contributed by atoms with E-state index in [9.17, 15) is 13.2 Å². The highest BCUT2D eigenvalue weighted by Crippen LogP contribution is 2.26. The van der Waals surface area contributed by atoms with Gasteiger partial charge >= 0.3 is 0 Å². The fourth-order valence-corrected chi connectivity index (χ4v) is 4.93. The average molecular weight is 413 g/mol. The standard InChI is InChI=1S/C18H25ClN4O3S/c1-6-22(7-2)27(25,26)17-12(3)21-23(13(17)4)14(5)18(24)20-16-10-8-15(19)9-11-16/h8-11,14H,6-7H2,1-5H3,(H,20,24)/t14-/m1/s1. The smallest absolute Gasteiger partial charge is 0.248 e. The van der Waals surface area contributed by atoms with E-state index in [0.717, 1.165) is 0 Å². The molecule has 0 saturated heterocycles. The number of sulfonamides is 1. The molecule has 0 unspecified atom stereocenters. The second-order valence-corrected chi connectivity index (χ2v) is 8.52. The molecule has 0 spiro atoms. The number of hydrogen-bond donors (Lipinski definition) is 1. The predicted molar refractivity (Wildman–Crippen MR) is 107 cm³/mol. The molecule has 7 nitrogen and oxygen atoms in total. The van der Waals surface area contributed by atoms with Crippen molar-refractivity contribution in [2.24, 2.45) is 0 Å². The zero-order valence-electron chi connectivity index (χ0n) is 16.2. The molecule has 1 atom stereocenters. The van der Waals surface area contributed by atoms with Crippen molar-refractivity contribution in [3.05, 3.63) is 40.7 Å². The summed E-state index contributed by atoms with van der Waals surface area (Å²) < 4.78 is 28.7. The van der Waals surface area contributed by atoms with Gasteiger partial charge in [-0.3, -0.25) is 9.48 Å². The van der Waals surface area contributed by atoms with Gasteiger partial charge < -0.3 is 5.32 Å². The summed E-state index contributed by atoms with van der Waals surface area (Å²) in [6.45, 7) is 9.31. The maximum atomic E-state index is 12.9. The minimum atomic E-state index is -3.66. The van der Waals surface area contributed by atoms with Crippen LogP contribution in [0.15, 0.2) is 29.2 Å². The van der Waals surface area contributed by atoms with E-state index in [-0.39, 0.29) is 10.8 Å². The molecule has 1 amide bonds. The van der Waals surface area contributed by atoms with Crippen LogP contribution in [0.1, 0.15) is 38.2 Å². The Bertz CT molecular complexity index is 919. The number of rotatable bonds is 7. The summed E-state index contributed by atoms with van der Waals surface area (Å²) in [5.74, 6) is -0.297. The van der Waals surface area contributed by atoms with E-state index < -0.39 is 16.1 Å². The number of carbonyl (C=O) groups is 1. The number of nitrogens with zero attached hydrogens (tertiary/aromatic N) is 3. The van der Waals surface area contributed by atoms with Crippen LogP contribution in [0.3, 0.4) is 0 Å². The first-order valence-corrected chi connectivity index (χ1v) is 10.6. The van der Waals surface area contributed by atoms with Crippen LogP contribution >= 0.6 is 11.6 Å². The molecule has 0 fully saturated rings. The molecule has 0 bridgehead atoms. The van der Waals surface area contributed by atoms with E-state index in [0.29, 0.717) is 35.2 Å². The minimum Gasteiger partial charge on any atom is -0.324 e. The van der Waals surface area contributed by atoms with Gasteiger partial charge in [-0.2, -0.15) is 9.40 Å². The van der Waals surface area contributed by atoms with Crippen molar-refractivity contribution < 1.29 is 13.2 Å². The quantitative estimate of drug-likeness (QED) is 0.755. The Labute approximate surface area is 165 Å². The fourth-order valence-electron chi connectivity index (χ4n) is 2.98. The summed E-state index contributed by atoms with van der Waals surface area (Å²) >= 11 is 5.85. The number of aromatic nitrogens is 2. The van der Waals surface area contributed by atoms with Crippen molar-refractivity contribution >= 4 is 33.2 Å². The Hall–Kier alpha value is -1.90. The third-order valence-electron chi connectivity index (χ3n) is 4.42. The van der Waals surface area contributed by atoms with E-state index in [1.165, 1.54) is 8.99 Å². The molecule has 0 aliphatic heterocycles. The van der Waals surface area contributed by atoms with Crippen LogP contribution in [-0.2, 0) is 14.8 Å². The van der Waals surface area contributed by atoms with Gasteiger partial charge in [0.25, 0.3) is 0 Å². The summed E-state index contributed by atoms with van der Waals surface area (Å²) in [5.41, 5.74) is 1.43. The van der Waals surface area contributed by atoms with Gasteiger partial charge in [-0.15, -0.1) is 0 Å². The lowest BCUT2D eigenvalue weighted by molar-refractivity contribution is -0.119. The number of anilines is 1. The van der Waals surface area contributed by atoms with Crippen LogP contribution in [0.5, 0.6) is 0 Å². The van der Waals surface area contributed by atoms with Gasteiger partial charge in [0.05, 0.1) is 11.4 Å². The Morgan fingerprint density at radius 3 is 2.30 bits per heavy atom. The van der Waals surface area contributed by atoms with Crippen LogP contribution in [0.4, 0.5) is 5.69 Å². The molecule has 148 valence electrons. The van der Waals surface area contributed by atoms with Crippen molar-refractivity contribution in [3.8, 4) is 0 Å². The van der Waals surface area contributed by atoms with Crippen molar-refractivity contribution in [1.29, 1.82) is 0 Å². The summed E-state index contributed by atoms with van der Waals surface area (Å²) in [4.78, 5) is 12.8. The molecule has 0 radical (unpaired) electrons. The molecular formula is C18H25ClN4O3S. The largest absolute Gasteiger partial charge is 0.324 e. The summed E-state index contributed by atoms with van der Waals surface area (Å²) in [6, 6.07) is 6.08. The SMILES string of the molecule is CCN(CC)S(=O)(=O)c1c(C)nn([C@H](C)C(=O)Nc2ccc(Cl)cc2)c1C. The number of amides is 1. The molecule has 1 aromatic carbocycles. The first-order chi connectivity index (χ1) is 12.6. The number of halogens is 1. The number of hydrogen-bond acceptors (Lipinski definition) is 4. The number of aryl methyl sites for hydroxylation is 1. The Kier molecular flexibility index (Phi) is 6.67. The molecule has 0 saturated carbocycles. The van der Waals surface area contributed by atoms with Gasteiger partial charge in [-0.05, 0) is 45.0 Å². The first kappa shape index (κ1) is 21.4. The van der Waals surface area contributed by atoms with E-state index in [2.05, 4.69) is 10.4 Å². The van der Waals surface area contributed by atoms with Crippen LogP contribution < -0.4 is 5.32 Å². The summed E-state index contributed by atoms with van der Waals surface area (Å²) in [5, 5.41) is 7.70. The molecule has 0 aliphatic carbocycles. The Balaban J connectivity index is 2.34. The molecular weight excluding hydrogens is 388 g/mol. The molecule has 1 aromatic heterocycles. The lowest BCUT2D eigenvalue weighted by atomic mass is 10.2. The van der Waals surface area contributed by atoms with Crippen LogP contribution in [0.2, 0.25) is 5.02 Å². The van der Waals surface area contributed by atoms with Crippen LogP contribution in [0, 0.1) is 13.8 Å². The Morgan fingerprint density at radius 1 is 1.22 bits per heavy atom. The monoisotopic (exact) mass is 412 g/mol. The summed E-state index contributed by atoms with van der Waals surface area (Å²) in [6.07, 6.45) is 0. The van der Waals surface area contributed by atoms with E-state index in [1.54, 1.807) is 58.9 Å². The average Bonchev–Trinajstić information content (AvgIpc) is 2.92. The van der Waals surface area contributed by atoms with Crippen molar-refractivity contribution in [3.63, 3.8) is 0 Å². The topological polar surface area (TPSA) is 84.3 Å². The highest BCUT2D eigenvalue weighted by molar-refractivity contribution is 7.89. The molecule has 27 heavy (non-hydrogen) atoms. The fraction of sp³-hybridized carbons (Fsp3) is 0.444. The third kappa shape index (κ3) is 4.34. The maximum Gasteiger partial charge on any atom is 0.248 e. The van der Waals surface area contributed by atoms with Gasteiger partial charge in [-0.25, -0.2) is 8.42 Å². The zero-order valence-corrected chi connectivity index (χ0v) is 17.7. The second-order valence-electron chi connectivity index (χ2n) is 6.21. The lowest BCUT2D eigenvalue weighted by Gasteiger charge is -2.19. The van der Waals surface area contributed by atoms with Gasteiger partial charge in [0.2, 0.25) is 15.9 Å². The second kappa shape index (κ2) is 8.41. The van der Waals surface area contributed by atoms with Crippen molar-refractivity contribution in [1.82, 2.24) is 14.1 Å². The third-order valence-corrected chi connectivity index (χ3v) is 6.97. The van der Waals surface area contributed by atoms with Gasteiger partial charge in [0.1, 0.15) is 10.9 Å². The van der Waals surface area contributed by atoms with Gasteiger partial charge in [0, 0.05) is 23.8 Å². The molecule has 0 aliphatic rings. The molecule has 2 rings (SSSR count). The van der Waals surface area contributed by atoms with Gasteiger partial charge in [0.15, 0.2) is 0 Å². The van der Waals surface area contributed by atoms with Crippen molar-refractivity contribution in [2.75, 3.05) is 18.4 Å². The molecule has 1 N–H and O–H groups in total. The molecule has 1 heterocycles. The highest BCUT2D eigenvalue weighted by Gasteiger charge is 2.31. The molecule has 2 aromatic rings. The van der Waals surface area contributed by atoms with E-state index in [1.807, 2.05) is 0 Å². The van der Waals surface area contributed by atoms with Crippen molar-refractivity contribution in [2.45, 2.75) is 45.6 Å². The number of nitrogens with one attached hydrogen (secondary N) is 1. The normalized spacial score (nSPS) is 13.0. The number of benzene rings is 1. The Morgan fingerprint density at radius 2 is 1.78 bits per heavy atom.